The number of urea groups is 1. The molecule has 1 fully saturated rings. The predicted octanol–water partition coefficient (Wildman–Crippen LogP) is 3.20. The maximum absolute atomic E-state index is 13.7. The molecule has 1 aliphatic rings. The number of alkyl halides is 6. The van der Waals surface area contributed by atoms with Gasteiger partial charge in [0, 0.05) is 18.0 Å². The minimum absolute atomic E-state index is 0.234. The van der Waals surface area contributed by atoms with Crippen molar-refractivity contribution in [3.05, 3.63) is 65.5 Å². The number of Topliss-reactive ketones (excluding diaryl/α,β-unsaturated/α-hetero) is 1. The predicted molar refractivity (Wildman–Crippen MR) is 88.9 cm³/mol. The maximum atomic E-state index is 13.7. The van der Waals surface area contributed by atoms with Crippen LogP contribution in [0.25, 0.3) is 0 Å². The molecule has 0 bridgehead atoms. The summed E-state index contributed by atoms with van der Waals surface area (Å²) in [6.07, 6.45) is -7.94. The van der Waals surface area contributed by atoms with Crippen LogP contribution in [0.2, 0.25) is 0 Å². The average molecular weight is 433 g/mol. The fraction of sp³-hybridized carbons (Fsp3) is 0.278. The number of carbonyl (C=O) groups excluding carboxylic acids is 2. The number of carbonyl (C=O) groups is 2. The number of rotatable bonds is 3. The minimum atomic E-state index is -5.47. The van der Waals surface area contributed by atoms with Gasteiger partial charge in [-0.25, -0.2) is 4.79 Å². The van der Waals surface area contributed by atoms with Crippen LogP contribution in [0, 0.1) is 5.92 Å². The average Bonchev–Trinajstić information content (AvgIpc) is 2.66. The van der Waals surface area contributed by atoms with E-state index in [4.69, 9.17) is 0 Å². The second kappa shape index (κ2) is 7.27. The highest BCUT2D eigenvalue weighted by Gasteiger charge is 2.66. The van der Waals surface area contributed by atoms with E-state index in [1.54, 1.807) is 0 Å². The van der Waals surface area contributed by atoms with E-state index >= 15 is 0 Å². The molecule has 1 saturated heterocycles. The monoisotopic (exact) mass is 433 g/mol. The third-order valence-electron chi connectivity index (χ3n) is 4.63. The van der Waals surface area contributed by atoms with Gasteiger partial charge >= 0.3 is 18.4 Å². The van der Waals surface area contributed by atoms with E-state index in [0.717, 1.165) is 24.4 Å². The lowest BCUT2D eigenvalue weighted by atomic mass is 9.77. The van der Waals surface area contributed by atoms with E-state index in [1.807, 2.05) is 0 Å². The maximum Gasteiger partial charge on any atom is 0.437 e. The van der Waals surface area contributed by atoms with Crippen LogP contribution in [-0.4, -0.2) is 33.8 Å². The Morgan fingerprint density at radius 1 is 1.07 bits per heavy atom. The highest BCUT2D eigenvalue weighted by molar-refractivity contribution is 6.00. The van der Waals surface area contributed by atoms with Gasteiger partial charge in [0.15, 0.2) is 5.78 Å². The summed E-state index contributed by atoms with van der Waals surface area (Å²) >= 11 is 0. The number of aromatic nitrogens is 1. The van der Waals surface area contributed by atoms with E-state index in [9.17, 15) is 41.0 Å². The molecule has 6 nitrogen and oxygen atoms in total. The van der Waals surface area contributed by atoms with Crippen LogP contribution in [0.3, 0.4) is 0 Å². The number of ketones is 1. The number of hydrogen-bond donors (Lipinski definition) is 3. The smallest absolute Gasteiger partial charge is 0.363 e. The van der Waals surface area contributed by atoms with E-state index in [1.165, 1.54) is 17.6 Å². The molecular weight excluding hydrogens is 420 g/mol. The van der Waals surface area contributed by atoms with Crippen molar-refractivity contribution in [3.63, 3.8) is 0 Å². The second-order valence-corrected chi connectivity index (χ2v) is 6.54. The zero-order chi connectivity index (χ0) is 22.3. The Morgan fingerprint density at radius 2 is 1.70 bits per heavy atom. The standard InChI is InChI=1S/C18H13F6N3O3/c19-17(20,21)11-5-3-9(4-6-11)13-12(14(28)10-2-1-7-25-8-10)16(30,18(22,23)24)27-15(29)26-13/h1-8,12-13,30H,(H2,26,27,29)/t12-,13-,16-/m0/s1. The molecule has 1 aromatic heterocycles. The number of halogens is 6. The second-order valence-electron chi connectivity index (χ2n) is 6.54. The fourth-order valence-corrected chi connectivity index (χ4v) is 3.18. The molecule has 0 saturated carbocycles. The zero-order valence-corrected chi connectivity index (χ0v) is 14.8. The van der Waals surface area contributed by atoms with Gasteiger partial charge in [-0.3, -0.25) is 9.78 Å². The Labute approximate surface area is 164 Å². The molecule has 1 aliphatic heterocycles. The number of nitrogens with one attached hydrogen (secondary N) is 2. The van der Waals surface area contributed by atoms with Crippen molar-refractivity contribution in [2.75, 3.05) is 0 Å². The van der Waals surface area contributed by atoms with E-state index in [0.29, 0.717) is 12.1 Å². The molecule has 2 heterocycles. The van der Waals surface area contributed by atoms with Gasteiger partial charge in [-0.05, 0) is 29.8 Å². The van der Waals surface area contributed by atoms with Crippen molar-refractivity contribution >= 4 is 11.8 Å². The lowest BCUT2D eigenvalue weighted by molar-refractivity contribution is -0.287. The molecule has 160 valence electrons. The molecule has 2 amide bonds. The Bertz CT molecular complexity index is 946. The molecular formula is C18H13F6N3O3. The van der Waals surface area contributed by atoms with E-state index in [-0.39, 0.29) is 11.1 Å². The van der Waals surface area contributed by atoms with Gasteiger partial charge in [0.2, 0.25) is 5.72 Å². The van der Waals surface area contributed by atoms with Gasteiger partial charge in [0.1, 0.15) is 5.92 Å². The first-order chi connectivity index (χ1) is 13.8. The molecule has 30 heavy (non-hydrogen) atoms. The number of hydrogen-bond acceptors (Lipinski definition) is 4. The van der Waals surface area contributed by atoms with Crippen LogP contribution in [0.5, 0.6) is 0 Å². The third-order valence-corrected chi connectivity index (χ3v) is 4.63. The first-order valence-electron chi connectivity index (χ1n) is 8.34. The zero-order valence-electron chi connectivity index (χ0n) is 14.8. The summed E-state index contributed by atoms with van der Waals surface area (Å²) in [6.45, 7) is 0. The largest absolute Gasteiger partial charge is 0.437 e. The lowest BCUT2D eigenvalue weighted by Crippen LogP contribution is -2.72. The van der Waals surface area contributed by atoms with Crippen molar-refractivity contribution in [1.82, 2.24) is 15.6 Å². The summed E-state index contributed by atoms with van der Waals surface area (Å²) in [5.41, 5.74) is -5.58. The van der Waals surface area contributed by atoms with Gasteiger partial charge in [0.05, 0.1) is 11.6 Å². The molecule has 0 spiro atoms. The first kappa shape index (κ1) is 21.6. The molecule has 0 aliphatic carbocycles. The van der Waals surface area contributed by atoms with Gasteiger partial charge in [-0.2, -0.15) is 26.3 Å². The summed E-state index contributed by atoms with van der Waals surface area (Å²) in [6, 6.07) is 2.08. The first-order valence-corrected chi connectivity index (χ1v) is 8.34. The van der Waals surface area contributed by atoms with Crippen LogP contribution in [0.15, 0.2) is 48.8 Å². The molecule has 1 aromatic carbocycles. The van der Waals surface area contributed by atoms with Crippen molar-refractivity contribution in [1.29, 1.82) is 0 Å². The molecule has 0 radical (unpaired) electrons. The summed E-state index contributed by atoms with van der Waals surface area (Å²) < 4.78 is 79.6. The fourth-order valence-electron chi connectivity index (χ4n) is 3.18. The molecule has 3 rings (SSSR count). The van der Waals surface area contributed by atoms with Crippen LogP contribution < -0.4 is 10.6 Å². The van der Waals surface area contributed by atoms with Crippen LogP contribution in [0.1, 0.15) is 27.5 Å². The summed E-state index contributed by atoms with van der Waals surface area (Å²) in [5, 5.41) is 13.8. The molecule has 0 unspecified atom stereocenters. The Kier molecular flexibility index (Phi) is 5.23. The normalized spacial score (nSPS) is 24.7. The van der Waals surface area contributed by atoms with Gasteiger partial charge < -0.3 is 15.7 Å². The molecule has 3 N–H and O–H groups in total. The Morgan fingerprint density at radius 3 is 2.20 bits per heavy atom. The van der Waals surface area contributed by atoms with Crippen LogP contribution in [0.4, 0.5) is 31.1 Å². The lowest BCUT2D eigenvalue weighted by Gasteiger charge is -2.45. The molecule has 3 atom stereocenters. The van der Waals surface area contributed by atoms with Crippen molar-refractivity contribution in [2.45, 2.75) is 24.1 Å². The van der Waals surface area contributed by atoms with Gasteiger partial charge in [-0.15, -0.1) is 0 Å². The number of pyridine rings is 1. The molecule has 12 heteroatoms. The number of nitrogens with zero attached hydrogens (tertiary/aromatic N) is 1. The van der Waals surface area contributed by atoms with E-state index < -0.39 is 47.4 Å². The third kappa shape index (κ3) is 3.82. The van der Waals surface area contributed by atoms with Crippen molar-refractivity contribution < 1.29 is 41.0 Å². The quantitative estimate of drug-likeness (QED) is 0.512. The van der Waals surface area contributed by atoms with Crippen LogP contribution in [-0.2, 0) is 6.18 Å². The SMILES string of the molecule is O=C1N[C@@H](c2ccc(C(F)(F)F)cc2)[C@@H](C(=O)c2cccnc2)[C@](O)(C(F)(F)F)N1. The number of benzene rings is 1. The summed E-state index contributed by atoms with van der Waals surface area (Å²) in [4.78, 5) is 28.4. The van der Waals surface area contributed by atoms with Gasteiger partial charge in [-0.1, -0.05) is 12.1 Å². The minimum Gasteiger partial charge on any atom is -0.363 e. The number of aliphatic hydroxyl groups is 1. The summed E-state index contributed by atoms with van der Waals surface area (Å²) in [5.74, 6) is -3.57. The Balaban J connectivity index is 2.13. The molecule has 2 aromatic rings. The van der Waals surface area contributed by atoms with Crippen molar-refractivity contribution in [3.8, 4) is 0 Å². The van der Waals surface area contributed by atoms with E-state index in [2.05, 4.69) is 10.3 Å². The highest BCUT2D eigenvalue weighted by atomic mass is 19.4. The number of amides is 2. The Hall–Kier alpha value is -3.15. The summed E-state index contributed by atoms with van der Waals surface area (Å²) in [7, 11) is 0. The van der Waals surface area contributed by atoms with Crippen LogP contribution >= 0.6 is 0 Å². The highest BCUT2D eigenvalue weighted by Crippen LogP contribution is 2.44. The van der Waals surface area contributed by atoms with Crippen molar-refractivity contribution in [2.24, 2.45) is 5.92 Å². The van der Waals surface area contributed by atoms with Gasteiger partial charge in [0.25, 0.3) is 0 Å². The topological polar surface area (TPSA) is 91.3 Å².